The fourth-order valence-electron chi connectivity index (χ4n) is 9.25. The van der Waals surface area contributed by atoms with Crippen molar-refractivity contribution in [1.29, 1.82) is 0 Å². The van der Waals surface area contributed by atoms with Gasteiger partial charge in [-0.25, -0.2) is 0 Å². The maximum atomic E-state index is 12.9. The molecule has 3 heterocycles. The van der Waals surface area contributed by atoms with Gasteiger partial charge in [0, 0.05) is 23.7 Å². The molecule has 9 atom stereocenters. The summed E-state index contributed by atoms with van der Waals surface area (Å²) >= 11 is 0. The molecule has 3 saturated heterocycles. The van der Waals surface area contributed by atoms with Crippen molar-refractivity contribution in [2.75, 3.05) is 0 Å². The van der Waals surface area contributed by atoms with Crippen molar-refractivity contribution in [3.8, 4) is 0 Å². The zero-order chi connectivity index (χ0) is 25.7. The first-order valence-electron chi connectivity index (χ1n) is 14.4. The summed E-state index contributed by atoms with van der Waals surface area (Å²) in [6.07, 6.45) is 9.04. The number of hydrogen-bond acceptors (Lipinski definition) is 5. The van der Waals surface area contributed by atoms with E-state index in [1.54, 1.807) is 0 Å². The second-order valence-electron chi connectivity index (χ2n) is 14.5. The second-order valence-corrected chi connectivity index (χ2v) is 14.5. The first kappa shape index (κ1) is 26.1. The van der Waals surface area contributed by atoms with Gasteiger partial charge in [0.05, 0.1) is 23.4 Å². The van der Waals surface area contributed by atoms with Crippen molar-refractivity contribution in [2.45, 2.75) is 154 Å². The lowest BCUT2D eigenvalue weighted by Gasteiger charge is -2.59. The molecule has 0 radical (unpaired) electrons. The van der Waals surface area contributed by atoms with Crippen LogP contribution in [0.5, 0.6) is 0 Å². The largest absolute Gasteiger partial charge is 0.389 e. The van der Waals surface area contributed by atoms with Gasteiger partial charge in [-0.2, -0.15) is 0 Å². The summed E-state index contributed by atoms with van der Waals surface area (Å²) in [6, 6.07) is 0. The monoisotopic (exact) mass is 490 g/mol. The maximum Gasteiger partial charge on any atom is 0.175 e. The van der Waals surface area contributed by atoms with Gasteiger partial charge in [-0.3, -0.25) is 4.79 Å². The Kier molecular flexibility index (Phi) is 5.98. The van der Waals surface area contributed by atoms with E-state index in [0.29, 0.717) is 24.7 Å². The molecular formula is C30H50O5. The van der Waals surface area contributed by atoms with Crippen molar-refractivity contribution in [2.24, 2.45) is 28.6 Å². The van der Waals surface area contributed by atoms with E-state index in [2.05, 4.69) is 41.5 Å². The zero-order valence-electron chi connectivity index (χ0n) is 23.5. The number of carbonyl (C=O) groups excluding carboxylic acids is 1. The standard InChI is InChI=1S/C30H50O5/c1-19-11-18-30-27(7,16-14-23(34-30)26(5,6)35-30)21(19)12-17-29(32)20(2)9-10-24-28(29,8)15-13-22(31)25(3,4)33-24/h19-21,23-24,32H,9-18H2,1-8H3/t19-,20+,21-,23-,24+,27+,28-,29+,30-/m1/s1. The minimum absolute atomic E-state index is 0.0541. The van der Waals surface area contributed by atoms with Crippen LogP contribution in [-0.4, -0.2) is 45.7 Å². The molecule has 0 aromatic carbocycles. The van der Waals surface area contributed by atoms with E-state index in [9.17, 15) is 9.90 Å². The number of ketones is 1. The third kappa shape index (κ3) is 3.57. The van der Waals surface area contributed by atoms with E-state index in [1.807, 2.05) is 13.8 Å². The molecule has 2 saturated carbocycles. The van der Waals surface area contributed by atoms with Gasteiger partial charge < -0.3 is 19.3 Å². The average Bonchev–Trinajstić information content (AvgIpc) is 2.95. The van der Waals surface area contributed by atoms with Crippen molar-refractivity contribution in [3.63, 3.8) is 0 Å². The van der Waals surface area contributed by atoms with Gasteiger partial charge in [0.2, 0.25) is 0 Å². The number of ether oxygens (including phenoxy) is 3. The molecule has 5 heteroatoms. The molecule has 2 bridgehead atoms. The summed E-state index contributed by atoms with van der Waals surface area (Å²) in [4.78, 5) is 12.9. The highest BCUT2D eigenvalue weighted by atomic mass is 16.8. The van der Waals surface area contributed by atoms with Crippen LogP contribution >= 0.6 is 0 Å². The molecule has 5 aliphatic rings. The lowest BCUT2D eigenvalue weighted by Crippen LogP contribution is -2.62. The fourth-order valence-corrected chi connectivity index (χ4v) is 9.25. The molecule has 1 spiro atoms. The second kappa shape index (κ2) is 8.01. The third-order valence-electron chi connectivity index (χ3n) is 12.0. The van der Waals surface area contributed by atoms with E-state index in [4.69, 9.17) is 14.2 Å². The van der Waals surface area contributed by atoms with Crippen molar-refractivity contribution >= 4 is 5.78 Å². The fraction of sp³-hybridized carbons (Fsp3) is 0.967. The summed E-state index contributed by atoms with van der Waals surface area (Å²) in [5.41, 5.74) is -2.35. The number of rotatable bonds is 3. The molecule has 0 aromatic heterocycles. The normalized spacial score (nSPS) is 52.9. The molecule has 0 amide bonds. The van der Waals surface area contributed by atoms with E-state index < -0.39 is 22.4 Å². The van der Waals surface area contributed by atoms with Crippen LogP contribution in [0.2, 0.25) is 0 Å². The van der Waals surface area contributed by atoms with Gasteiger partial charge in [0.1, 0.15) is 5.60 Å². The highest BCUT2D eigenvalue weighted by Crippen LogP contribution is 2.65. The van der Waals surface area contributed by atoms with Gasteiger partial charge >= 0.3 is 0 Å². The van der Waals surface area contributed by atoms with E-state index in [-0.39, 0.29) is 34.9 Å². The van der Waals surface area contributed by atoms with Crippen LogP contribution in [0, 0.1) is 28.6 Å². The Bertz CT molecular complexity index is 867. The van der Waals surface area contributed by atoms with Crippen LogP contribution in [0.15, 0.2) is 0 Å². The molecule has 5 nitrogen and oxygen atoms in total. The van der Waals surface area contributed by atoms with Gasteiger partial charge in [0.15, 0.2) is 11.6 Å². The smallest absolute Gasteiger partial charge is 0.175 e. The van der Waals surface area contributed by atoms with E-state index in [1.165, 1.54) is 0 Å². The predicted molar refractivity (Wildman–Crippen MR) is 136 cm³/mol. The maximum absolute atomic E-state index is 12.9. The number of fused-ring (bicyclic) bond motifs is 2. The Morgan fingerprint density at radius 1 is 0.857 bits per heavy atom. The molecule has 200 valence electrons. The number of aliphatic hydroxyl groups is 1. The van der Waals surface area contributed by atoms with E-state index in [0.717, 1.165) is 51.4 Å². The lowest BCUT2D eigenvalue weighted by atomic mass is 9.52. The average molecular weight is 491 g/mol. The van der Waals surface area contributed by atoms with Gasteiger partial charge in [0.25, 0.3) is 0 Å². The quantitative estimate of drug-likeness (QED) is 0.510. The SMILES string of the molecule is C[C@@H]1CC[C@]23O[C@H](CC[C@@]2(C)[C@@H]1CC[C@]1(O)[C@@H](C)CC[C@@H]2OC(C)(C)C(=O)CC[C@]21C)C(C)(C)O3. The lowest BCUT2D eigenvalue weighted by molar-refractivity contribution is -0.310. The van der Waals surface area contributed by atoms with E-state index >= 15 is 0 Å². The number of hydrogen-bond donors (Lipinski definition) is 1. The topological polar surface area (TPSA) is 65.0 Å². The molecule has 0 aromatic rings. The van der Waals surface area contributed by atoms with Crippen LogP contribution in [0.1, 0.15) is 120 Å². The van der Waals surface area contributed by atoms with Crippen molar-refractivity contribution < 1.29 is 24.1 Å². The molecule has 1 N–H and O–H groups in total. The Labute approximate surface area is 213 Å². The summed E-state index contributed by atoms with van der Waals surface area (Å²) in [5.74, 6) is 0.837. The Morgan fingerprint density at radius 3 is 2.29 bits per heavy atom. The Hall–Kier alpha value is -0.490. The van der Waals surface area contributed by atoms with Crippen LogP contribution in [-0.2, 0) is 19.0 Å². The minimum Gasteiger partial charge on any atom is -0.389 e. The summed E-state index contributed by atoms with van der Waals surface area (Å²) in [7, 11) is 0. The molecule has 2 aliphatic carbocycles. The third-order valence-corrected chi connectivity index (χ3v) is 12.0. The van der Waals surface area contributed by atoms with Crippen LogP contribution in [0.4, 0.5) is 0 Å². The van der Waals surface area contributed by atoms with Gasteiger partial charge in [-0.1, -0.05) is 27.7 Å². The van der Waals surface area contributed by atoms with Crippen LogP contribution in [0.3, 0.4) is 0 Å². The Balaban J connectivity index is 1.43. The van der Waals surface area contributed by atoms with Crippen molar-refractivity contribution in [1.82, 2.24) is 0 Å². The molecule has 5 rings (SSSR count). The predicted octanol–water partition coefficient (Wildman–Crippen LogP) is 6.20. The Morgan fingerprint density at radius 2 is 1.57 bits per heavy atom. The molecule has 3 aliphatic heterocycles. The first-order valence-corrected chi connectivity index (χ1v) is 14.4. The van der Waals surface area contributed by atoms with Crippen LogP contribution < -0.4 is 0 Å². The molecule has 0 unspecified atom stereocenters. The first-order chi connectivity index (χ1) is 16.1. The summed E-state index contributed by atoms with van der Waals surface area (Å²) in [5, 5.41) is 12.5. The number of carbonyl (C=O) groups is 1. The highest BCUT2D eigenvalue weighted by Gasteiger charge is 2.68. The molecule has 5 fully saturated rings. The molecule has 35 heavy (non-hydrogen) atoms. The van der Waals surface area contributed by atoms with Crippen LogP contribution in [0.25, 0.3) is 0 Å². The minimum atomic E-state index is -0.856. The van der Waals surface area contributed by atoms with Crippen molar-refractivity contribution in [3.05, 3.63) is 0 Å². The highest BCUT2D eigenvalue weighted by molar-refractivity contribution is 5.86. The summed E-state index contributed by atoms with van der Waals surface area (Å²) in [6.45, 7) is 17.4. The summed E-state index contributed by atoms with van der Waals surface area (Å²) < 4.78 is 20.0. The van der Waals surface area contributed by atoms with Gasteiger partial charge in [-0.05, 0) is 96.8 Å². The number of Topliss-reactive ketones (excluding diaryl/α,β-unsaturated/α-hetero) is 1. The molecular weight excluding hydrogens is 440 g/mol. The zero-order valence-corrected chi connectivity index (χ0v) is 23.5. The van der Waals surface area contributed by atoms with Gasteiger partial charge in [-0.15, -0.1) is 0 Å².